The van der Waals surface area contributed by atoms with Gasteiger partial charge in [-0.25, -0.2) is 0 Å². The SMILES string of the molecule is [Mg+2].[Na+].[Na+].[O-2].[O]=[Al][OH].[O]=[Al][OH]. The number of hydrogen-bond donors (Lipinski definition) is 2. The maximum absolute atomic E-state index is 8.57. The molecule has 0 fully saturated rings. The van der Waals surface area contributed by atoms with Crippen molar-refractivity contribution in [1.29, 1.82) is 0 Å². The summed E-state index contributed by atoms with van der Waals surface area (Å²) >= 11 is -3.00. The first-order valence-electron chi connectivity index (χ1n) is 0.988. The van der Waals surface area contributed by atoms with E-state index in [0.29, 0.717) is 0 Å². The first-order chi connectivity index (χ1) is 2.83. The average Bonchev–Trinajstić information content (AvgIpc) is 1.39. The van der Waals surface area contributed by atoms with Crippen LogP contribution in [0.15, 0.2) is 0 Å². The van der Waals surface area contributed by atoms with Crippen LogP contribution in [-0.2, 0) is 13.1 Å². The van der Waals surface area contributed by atoms with Crippen molar-refractivity contribution < 1.29 is 80.5 Å². The fraction of sp³-hybridized carbons (Fsp3) is 0. The van der Waals surface area contributed by atoms with Crippen molar-refractivity contribution in [3.05, 3.63) is 0 Å². The van der Waals surface area contributed by atoms with Crippen molar-refractivity contribution >= 4 is 54.0 Å². The standard InChI is InChI=1S/2Al.Mg.2Na.2H2O.3O/h;;;;;2*1H2;;;/q2*+1;+2;2*+1;;;;;-2/p-2. The van der Waals surface area contributed by atoms with E-state index in [-0.39, 0.29) is 87.6 Å². The molecule has 0 heterocycles. The first-order valence-corrected chi connectivity index (χ1v) is 2.96. The zero-order valence-corrected chi connectivity index (χ0v) is 13.7. The van der Waals surface area contributed by atoms with Crippen LogP contribution in [0.2, 0.25) is 0 Å². The minimum absolute atomic E-state index is 0. The van der Waals surface area contributed by atoms with Crippen LogP contribution >= 0.6 is 0 Å². The second-order valence-electron chi connectivity index (χ2n) is 0.211. The quantitative estimate of drug-likeness (QED) is 0.384. The summed E-state index contributed by atoms with van der Waals surface area (Å²) in [5.41, 5.74) is 0. The van der Waals surface area contributed by atoms with Crippen LogP contribution in [0.3, 0.4) is 0 Å². The Morgan fingerprint density at radius 2 is 0.900 bits per heavy atom. The van der Waals surface area contributed by atoms with Gasteiger partial charge in [-0.05, 0) is 0 Å². The van der Waals surface area contributed by atoms with E-state index >= 15 is 0 Å². The van der Waals surface area contributed by atoms with E-state index < -0.39 is 31.0 Å². The van der Waals surface area contributed by atoms with Gasteiger partial charge in [-0.2, -0.15) is 0 Å². The summed E-state index contributed by atoms with van der Waals surface area (Å²) in [5.74, 6) is 0. The summed E-state index contributed by atoms with van der Waals surface area (Å²) in [6, 6.07) is 0. The molecule has 0 aromatic rings. The van der Waals surface area contributed by atoms with Crippen LogP contribution in [0.5, 0.6) is 0 Å². The molecule has 0 saturated carbocycles. The van der Waals surface area contributed by atoms with Crippen LogP contribution in [0.1, 0.15) is 0 Å². The van der Waals surface area contributed by atoms with E-state index in [9.17, 15) is 0 Å². The Morgan fingerprint density at radius 3 is 0.900 bits per heavy atom. The molecule has 40 valence electrons. The predicted molar refractivity (Wildman–Crippen MR) is 23.8 cm³/mol. The zero-order chi connectivity index (χ0) is 5.41. The van der Waals surface area contributed by atoms with Crippen LogP contribution in [0, 0.1) is 0 Å². The van der Waals surface area contributed by atoms with Crippen molar-refractivity contribution in [2.75, 3.05) is 0 Å². The Balaban J connectivity index is -0.00000000571. The summed E-state index contributed by atoms with van der Waals surface area (Å²) < 4.78 is 31.3. The monoisotopic (exact) mass is 206 g/mol. The fourth-order valence-electron chi connectivity index (χ4n) is 0. The van der Waals surface area contributed by atoms with Crippen LogP contribution in [-0.4, -0.2) is 62.3 Å². The van der Waals surface area contributed by atoms with Gasteiger partial charge < -0.3 is 5.48 Å². The number of hydrogen-bond acceptors (Lipinski definition) is 2. The molecular formula is H2Al2MgNa2O5+2. The van der Waals surface area contributed by atoms with Gasteiger partial charge >= 0.3 is 129 Å². The second-order valence-corrected chi connectivity index (χ2v) is 0.632. The second kappa shape index (κ2) is 58.1. The Hall–Kier alpha value is 2.99. The molecule has 0 rings (SSSR count). The molecule has 0 saturated heterocycles. The molecular weight excluding hydrogens is 204 g/mol. The van der Waals surface area contributed by atoms with E-state index in [0.717, 1.165) is 0 Å². The van der Waals surface area contributed by atoms with Crippen LogP contribution < -0.4 is 59.1 Å². The topological polar surface area (TPSA) is 103 Å². The third-order valence-electron chi connectivity index (χ3n) is 0. The summed E-state index contributed by atoms with van der Waals surface area (Å²) in [6.45, 7) is 0. The van der Waals surface area contributed by atoms with Crippen molar-refractivity contribution in [1.82, 2.24) is 0 Å². The summed E-state index contributed by atoms with van der Waals surface area (Å²) in [4.78, 5) is 0. The number of rotatable bonds is 0. The summed E-state index contributed by atoms with van der Waals surface area (Å²) in [7, 11) is 0. The molecule has 10 heteroatoms. The Bertz CT molecular complexity index is 38.6. The van der Waals surface area contributed by atoms with Gasteiger partial charge in [-0.3, -0.25) is 0 Å². The molecule has 5 nitrogen and oxygen atoms in total. The van der Waals surface area contributed by atoms with Gasteiger partial charge in [0.15, 0.2) is 0 Å². The predicted octanol–water partition coefficient (Wildman–Crippen LogP) is -8.60. The molecule has 0 spiro atoms. The normalized spacial score (nSPS) is 1.60. The molecule has 0 bridgehead atoms. The van der Waals surface area contributed by atoms with Gasteiger partial charge in [0.1, 0.15) is 0 Å². The molecule has 0 radical (unpaired) electrons. The minimum atomic E-state index is -1.50. The van der Waals surface area contributed by atoms with E-state index in [4.69, 9.17) is 15.9 Å². The average molecular weight is 206 g/mol. The molecule has 0 aromatic carbocycles. The molecule has 10 heavy (non-hydrogen) atoms. The van der Waals surface area contributed by atoms with Crippen LogP contribution in [0.25, 0.3) is 0 Å². The summed E-state index contributed by atoms with van der Waals surface area (Å²) in [5, 5.41) is 0. The van der Waals surface area contributed by atoms with E-state index in [1.165, 1.54) is 0 Å². The summed E-state index contributed by atoms with van der Waals surface area (Å²) in [6.07, 6.45) is 0. The fourth-order valence-corrected chi connectivity index (χ4v) is 0. The van der Waals surface area contributed by atoms with Crippen molar-refractivity contribution in [2.24, 2.45) is 0 Å². The molecule has 0 aromatic heterocycles. The Kier molecular flexibility index (Phi) is 222. The molecule has 0 unspecified atom stereocenters. The Morgan fingerprint density at radius 1 is 0.900 bits per heavy atom. The molecule has 0 aliphatic heterocycles. The third kappa shape index (κ3) is 123. The first kappa shape index (κ1) is 38.2. The van der Waals surface area contributed by atoms with Gasteiger partial charge in [0, 0.05) is 0 Å². The van der Waals surface area contributed by atoms with Gasteiger partial charge in [0.05, 0.1) is 0 Å². The zero-order valence-electron chi connectivity index (χ0n) is 5.98. The van der Waals surface area contributed by atoms with Crippen molar-refractivity contribution in [3.8, 4) is 0 Å². The van der Waals surface area contributed by atoms with Gasteiger partial charge in [0.2, 0.25) is 0 Å². The molecule has 0 amide bonds. The molecule has 0 aliphatic rings. The van der Waals surface area contributed by atoms with Crippen molar-refractivity contribution in [2.45, 2.75) is 0 Å². The van der Waals surface area contributed by atoms with E-state index in [1.54, 1.807) is 0 Å². The van der Waals surface area contributed by atoms with Crippen LogP contribution in [0.4, 0.5) is 0 Å². The van der Waals surface area contributed by atoms with Gasteiger partial charge in [-0.15, -0.1) is 0 Å². The van der Waals surface area contributed by atoms with Gasteiger partial charge in [-0.1, -0.05) is 0 Å². The maximum atomic E-state index is 8.57. The molecule has 0 aliphatic carbocycles. The van der Waals surface area contributed by atoms with Gasteiger partial charge in [0.25, 0.3) is 0 Å². The Labute approximate surface area is 132 Å². The molecule has 2 N–H and O–H groups in total. The molecule has 0 atom stereocenters. The van der Waals surface area contributed by atoms with E-state index in [2.05, 4.69) is 0 Å². The third-order valence-corrected chi connectivity index (χ3v) is 0. The van der Waals surface area contributed by atoms with Crippen molar-refractivity contribution in [3.63, 3.8) is 0 Å². The van der Waals surface area contributed by atoms with E-state index in [1.807, 2.05) is 0 Å².